The SMILES string of the molecule is Nc1ncnc2c1ncn2[C@@H]1O[C@H](COP(=O)(O)O[C@H]2[C@@H](O)[C@H](n3cnc4c(N)ncnc43)O[C@@H]2COP(=O)(O)O[C@H]2[C@@H](O)[C@H](n3ccc(=O)[nH]c3=O)O[C@@H]2COP(=O)(O)O[C@H]2[C@@H](O)[C@H](n3ccc(=O)[nH]c3=O)O[C@@H]2COP(=O)(O)O[C@H]2[C@@H](O)[C@H](n3ccc(=O)[nH]c3=O)O[C@@H]2CO)[C@@H](O)[C@H]1O. The molecule has 5 aliphatic rings. The molecule has 12 rings (SSSR count). The first-order chi connectivity index (χ1) is 47.7. The molecule has 5 fully saturated rings. The number of nitrogens with zero attached hydrogens (tertiary/aromatic N) is 11. The smallest absolute Gasteiger partial charge is 0.394 e. The summed E-state index contributed by atoms with van der Waals surface area (Å²) in [7, 11) is -23.0. The van der Waals surface area contributed by atoms with Gasteiger partial charge in [0.05, 0.1) is 45.7 Å². The van der Waals surface area contributed by atoms with Gasteiger partial charge in [-0.2, -0.15) is 0 Å². The van der Waals surface area contributed by atoms with Crippen molar-refractivity contribution >= 4 is 65.3 Å². The number of imidazole rings is 2. The molecule has 0 aromatic carbocycles. The Labute approximate surface area is 556 Å². The van der Waals surface area contributed by atoms with Crippen LogP contribution in [0.2, 0.25) is 0 Å². The molecule has 12 heterocycles. The van der Waals surface area contributed by atoms with Crippen LogP contribution in [0, 0.1) is 0 Å². The third kappa shape index (κ3) is 15.2. The number of phosphoric acid groups is 4. The van der Waals surface area contributed by atoms with Crippen molar-refractivity contribution in [1.29, 1.82) is 0 Å². The highest BCUT2D eigenvalue weighted by atomic mass is 31.2. The number of hydrogen-bond acceptors (Lipinski definition) is 38. The van der Waals surface area contributed by atoms with Gasteiger partial charge in [0.2, 0.25) is 0 Å². The van der Waals surface area contributed by atoms with Gasteiger partial charge < -0.3 is 90.5 Å². The van der Waals surface area contributed by atoms with Crippen molar-refractivity contribution in [2.45, 2.75) is 123 Å². The van der Waals surface area contributed by atoms with Crippen molar-refractivity contribution in [2.24, 2.45) is 0 Å². The molecular weight excluding hydrogens is 1460 g/mol. The van der Waals surface area contributed by atoms with Crippen LogP contribution in [0.5, 0.6) is 0 Å². The summed E-state index contributed by atoms with van der Waals surface area (Å²) in [4.78, 5) is 149. The lowest BCUT2D eigenvalue weighted by Crippen LogP contribution is -2.40. The second-order valence-electron chi connectivity index (χ2n) is 22.5. The number of fused-ring (bicyclic) bond motifs is 2. The Hall–Kier alpha value is -7.30. The van der Waals surface area contributed by atoms with Gasteiger partial charge in [-0.1, -0.05) is 0 Å². The van der Waals surface area contributed by atoms with E-state index in [0.717, 1.165) is 66.7 Å². The van der Waals surface area contributed by atoms with Crippen LogP contribution >= 0.6 is 31.3 Å². The fraction of sp³-hybridized carbons (Fsp3) is 0.532. The van der Waals surface area contributed by atoms with Crippen molar-refractivity contribution in [3.8, 4) is 0 Å². The molecular formula is C47H58N16O34P4. The zero-order valence-corrected chi connectivity index (χ0v) is 54.1. The lowest BCUT2D eigenvalue weighted by Gasteiger charge is -2.27. The van der Waals surface area contributed by atoms with E-state index in [0.29, 0.717) is 13.7 Å². The highest BCUT2D eigenvalue weighted by molar-refractivity contribution is 7.48. The molecule has 0 amide bonds. The zero-order chi connectivity index (χ0) is 72.5. The van der Waals surface area contributed by atoms with E-state index in [1.165, 1.54) is 4.57 Å². The molecule has 54 heteroatoms. The number of nitrogens with one attached hydrogen (secondary N) is 3. The van der Waals surface area contributed by atoms with E-state index in [4.69, 9.17) is 71.3 Å². The standard InChI is InChI=1S/C47H58N16O34P4/c48-36-24-38(52-12-50-36)62(14-54-24)40-27(69)26(68)17(90-40)8-85-98(77,78)97-35-20(93-44(31(35)73)63-15-55-25-37(49)51-13-53-39(25)63)11-88-101(83,84)96-34-19(92-43(30(34)72)61-6-3-23(67)58-47(61)76)10-87-100(81,82)95-33-18(91-42(29(33)71)60-5-2-22(66)57-46(60)75)9-86-99(79,80)94-32-16(7-64)89-41(28(32)70)59-4-1-21(65)56-45(59)74/h1-6,12-20,26-35,40-44,64,68-73H,7-11H2,(H,77,78)(H,79,80)(H,81,82)(H,83,84)(H2,48,50,52)(H2,49,51,53)(H,56,65,74)(H,57,66,75)(H,58,67,76)/t16-,17-,18-,19-,20-,26-,27-,28-,29-,30-,31-,32-,33-,34-,35-,40-,41-,42-,43-,44-/m1/s1. The average Bonchev–Trinajstić information content (AvgIpc) is 1.64. The molecule has 4 unspecified atom stereocenters. The molecule has 50 nitrogen and oxygen atoms in total. The third-order valence-electron chi connectivity index (χ3n) is 16.1. The molecule has 0 spiro atoms. The lowest BCUT2D eigenvalue weighted by atomic mass is 10.1. The molecule has 7 aromatic rings. The summed E-state index contributed by atoms with van der Waals surface area (Å²) in [5, 5.41) is 78.2. The first-order valence-corrected chi connectivity index (χ1v) is 35.1. The maximum absolute atomic E-state index is 14.2. The van der Waals surface area contributed by atoms with Crippen molar-refractivity contribution in [2.75, 3.05) is 44.5 Å². The predicted molar refractivity (Wildman–Crippen MR) is 319 cm³/mol. The monoisotopic (exact) mass is 1510 g/mol. The van der Waals surface area contributed by atoms with Gasteiger partial charge in [-0.15, -0.1) is 0 Å². The molecule has 5 aliphatic heterocycles. The minimum absolute atomic E-state index is 0.0398. The van der Waals surface area contributed by atoms with E-state index in [9.17, 15) is 102 Å². The fourth-order valence-electron chi connectivity index (χ4n) is 11.4. The van der Waals surface area contributed by atoms with Crippen molar-refractivity contribution in [3.63, 3.8) is 0 Å². The predicted octanol–water partition coefficient (Wildman–Crippen LogP) is -7.87. The number of nitrogen functional groups attached to an aromatic ring is 2. The van der Waals surface area contributed by atoms with Crippen molar-refractivity contribution in [1.82, 2.24) is 67.7 Å². The fourth-order valence-corrected chi connectivity index (χ4v) is 15.2. The number of nitrogens with two attached hydrogens (primary N) is 2. The highest BCUT2D eigenvalue weighted by Gasteiger charge is 2.56. The second-order valence-corrected chi connectivity index (χ2v) is 28.1. The summed E-state index contributed by atoms with van der Waals surface area (Å²) in [6.07, 6.45) is -33.1. The van der Waals surface area contributed by atoms with Crippen LogP contribution in [0.15, 0.2) is 90.9 Å². The summed E-state index contributed by atoms with van der Waals surface area (Å²) < 4.78 is 130. The third-order valence-corrected chi connectivity index (χ3v) is 20.0. The van der Waals surface area contributed by atoms with E-state index in [1.807, 2.05) is 15.0 Å². The van der Waals surface area contributed by atoms with Gasteiger partial charge in [0.15, 0.2) is 54.1 Å². The number of H-pyrrole nitrogens is 3. The van der Waals surface area contributed by atoms with Gasteiger partial charge in [-0.25, -0.2) is 62.5 Å². The molecule has 18 N–H and O–H groups in total. The first-order valence-electron chi connectivity index (χ1n) is 29.1. The summed E-state index contributed by atoms with van der Waals surface area (Å²) in [6.45, 7) is -6.12. The average molecular weight is 1510 g/mol. The number of ether oxygens (including phenoxy) is 5. The quantitative estimate of drug-likeness (QED) is 0.0224. The normalized spacial score (nSPS) is 33.0. The Kier molecular flexibility index (Phi) is 20.9. The Bertz CT molecular complexity index is 4800. The van der Waals surface area contributed by atoms with Crippen LogP contribution in [0.3, 0.4) is 0 Å². The van der Waals surface area contributed by atoms with Crippen LogP contribution < -0.4 is 45.2 Å². The maximum Gasteiger partial charge on any atom is 0.472 e. The number of phosphoric ester groups is 4. The first kappa shape index (κ1) is 73.5. The van der Waals surface area contributed by atoms with Gasteiger partial charge >= 0.3 is 48.4 Å². The van der Waals surface area contributed by atoms with Gasteiger partial charge in [-0.05, 0) is 0 Å². The summed E-state index contributed by atoms with van der Waals surface area (Å²) in [5.41, 5.74) is 5.40. The molecule has 101 heavy (non-hydrogen) atoms. The topological polar surface area (TPSA) is 715 Å². The molecule has 0 saturated carbocycles. The van der Waals surface area contributed by atoms with Crippen molar-refractivity contribution < 1.29 is 133 Å². The minimum Gasteiger partial charge on any atom is -0.394 e. The van der Waals surface area contributed by atoms with E-state index in [1.54, 1.807) is 0 Å². The number of hydrogen-bond donors (Lipinski definition) is 16. The lowest BCUT2D eigenvalue weighted by molar-refractivity contribution is -0.0657. The van der Waals surface area contributed by atoms with E-state index in [2.05, 4.69) is 29.9 Å². The van der Waals surface area contributed by atoms with Crippen LogP contribution in [-0.2, 0) is 78.1 Å². The Morgan fingerprint density at radius 2 is 0.693 bits per heavy atom. The zero-order valence-electron chi connectivity index (χ0n) is 50.5. The number of aromatic amines is 3. The summed E-state index contributed by atoms with van der Waals surface area (Å²) in [6, 6.07) is 2.40. The molecule has 7 aromatic heterocycles. The number of aromatic nitrogens is 14. The highest BCUT2D eigenvalue weighted by Crippen LogP contribution is 2.55. The van der Waals surface area contributed by atoms with E-state index < -0.39 is 221 Å². The molecule has 550 valence electrons. The minimum atomic E-state index is -5.90. The second kappa shape index (κ2) is 28.7. The van der Waals surface area contributed by atoms with Gasteiger partial charge in [0.1, 0.15) is 115 Å². The van der Waals surface area contributed by atoms with Crippen LogP contribution in [0.1, 0.15) is 31.1 Å². The molecule has 0 aliphatic carbocycles. The number of aliphatic hydroxyl groups excluding tert-OH is 7. The number of rotatable bonds is 26. The van der Waals surface area contributed by atoms with Crippen molar-refractivity contribution in [3.05, 3.63) is 125 Å². The molecule has 24 atom stereocenters. The number of aliphatic hydroxyl groups is 7. The Balaban J connectivity index is 0.754. The van der Waals surface area contributed by atoms with E-state index in [-0.39, 0.29) is 34.0 Å². The molecule has 0 radical (unpaired) electrons. The number of anilines is 2. The van der Waals surface area contributed by atoms with Gasteiger partial charge in [0, 0.05) is 36.8 Å². The Morgan fingerprint density at radius 1 is 0.406 bits per heavy atom. The summed E-state index contributed by atoms with van der Waals surface area (Å²) in [5.74, 6) is -0.201. The van der Waals surface area contributed by atoms with Gasteiger partial charge in [-0.3, -0.25) is 88.4 Å². The van der Waals surface area contributed by atoms with Crippen LogP contribution in [0.25, 0.3) is 22.3 Å². The Morgan fingerprint density at radius 3 is 1.02 bits per heavy atom. The van der Waals surface area contributed by atoms with Crippen LogP contribution in [0.4, 0.5) is 11.6 Å². The van der Waals surface area contributed by atoms with E-state index >= 15 is 0 Å². The summed E-state index contributed by atoms with van der Waals surface area (Å²) >= 11 is 0. The van der Waals surface area contributed by atoms with Gasteiger partial charge in [0.25, 0.3) is 16.7 Å². The largest absolute Gasteiger partial charge is 0.472 e. The maximum atomic E-state index is 14.2. The molecule has 5 saturated heterocycles. The van der Waals surface area contributed by atoms with Crippen LogP contribution in [-0.4, -0.2) is 248 Å². The molecule has 0 bridgehead atoms.